The molecule has 19 heavy (non-hydrogen) atoms. The molecule has 0 saturated carbocycles. The molecule has 0 aliphatic rings. The highest BCUT2D eigenvalue weighted by Gasteiger charge is 2.01. The molecular weight excluding hydrogens is 330 g/mol. The van der Waals surface area contributed by atoms with Gasteiger partial charge in [-0.05, 0) is 40.0 Å². The topological polar surface area (TPSA) is 46.9 Å². The van der Waals surface area contributed by atoms with Crippen molar-refractivity contribution in [3.63, 3.8) is 0 Å². The molecule has 0 spiro atoms. The van der Waals surface area contributed by atoms with Gasteiger partial charge in [0, 0.05) is 18.4 Å². The number of amides is 1. The number of alkyl halides is 1. The maximum atomic E-state index is 11.1. The molecular formula is C13H13BrClN3O. The number of hydrogen-bond donors (Lipinski definition) is 1. The number of halogens is 2. The van der Waals surface area contributed by atoms with E-state index in [2.05, 4.69) is 26.3 Å². The van der Waals surface area contributed by atoms with Crippen LogP contribution in [0.1, 0.15) is 5.56 Å². The van der Waals surface area contributed by atoms with E-state index in [1.165, 1.54) is 5.56 Å². The minimum Gasteiger partial charge on any atom is -0.325 e. The summed E-state index contributed by atoms with van der Waals surface area (Å²) in [7, 11) is 0. The maximum absolute atomic E-state index is 11.1. The summed E-state index contributed by atoms with van der Waals surface area (Å²) in [6.07, 6.45) is 4.59. The summed E-state index contributed by atoms with van der Waals surface area (Å²) in [6, 6.07) is 7.72. The van der Waals surface area contributed by atoms with Gasteiger partial charge in [0.15, 0.2) is 0 Å². The fraction of sp³-hybridized carbons (Fsp3) is 0.231. The lowest BCUT2D eigenvalue weighted by molar-refractivity contribution is -0.113. The molecule has 4 nitrogen and oxygen atoms in total. The van der Waals surface area contributed by atoms with E-state index in [-0.39, 0.29) is 11.8 Å². The van der Waals surface area contributed by atoms with Gasteiger partial charge in [-0.25, -0.2) is 0 Å². The molecule has 0 aliphatic carbocycles. The summed E-state index contributed by atoms with van der Waals surface area (Å²) < 4.78 is 2.86. The Balaban J connectivity index is 1.89. The quantitative estimate of drug-likeness (QED) is 0.849. The zero-order valence-electron chi connectivity index (χ0n) is 10.1. The van der Waals surface area contributed by atoms with Gasteiger partial charge in [0.2, 0.25) is 5.91 Å². The molecule has 1 amide bonds. The molecule has 1 N–H and O–H groups in total. The van der Waals surface area contributed by atoms with Gasteiger partial charge >= 0.3 is 0 Å². The normalized spacial score (nSPS) is 10.4. The number of nitrogens with zero attached hydrogens (tertiary/aromatic N) is 2. The minimum absolute atomic E-state index is 0.0318. The molecule has 1 aromatic carbocycles. The van der Waals surface area contributed by atoms with Crippen LogP contribution in [0.4, 0.5) is 5.69 Å². The van der Waals surface area contributed by atoms with Crippen molar-refractivity contribution in [3.8, 4) is 0 Å². The Hall–Kier alpha value is -1.33. The van der Waals surface area contributed by atoms with Crippen molar-refractivity contribution in [3.05, 3.63) is 46.7 Å². The SMILES string of the molecule is O=C(CCl)Nc1ccc(CCn2cc(Br)cn2)cc1. The monoisotopic (exact) mass is 341 g/mol. The van der Waals surface area contributed by atoms with Crippen LogP contribution in [0.2, 0.25) is 0 Å². The number of nitrogens with one attached hydrogen (secondary N) is 1. The van der Waals surface area contributed by atoms with Crippen LogP contribution < -0.4 is 5.32 Å². The summed E-state index contributed by atoms with van der Waals surface area (Å²) in [4.78, 5) is 11.1. The Morgan fingerprint density at radius 1 is 1.37 bits per heavy atom. The lowest BCUT2D eigenvalue weighted by Crippen LogP contribution is -2.12. The molecule has 1 aromatic heterocycles. The first-order valence-corrected chi connectivity index (χ1v) is 7.13. The van der Waals surface area contributed by atoms with E-state index in [4.69, 9.17) is 11.6 Å². The first-order chi connectivity index (χ1) is 9.17. The standard InChI is InChI=1S/C13H13BrClN3O/c14-11-8-16-18(9-11)6-5-10-1-3-12(4-2-10)17-13(19)7-15/h1-4,8-9H,5-7H2,(H,17,19). The summed E-state index contributed by atoms with van der Waals surface area (Å²) >= 11 is 8.79. The number of hydrogen-bond acceptors (Lipinski definition) is 2. The third-order valence-electron chi connectivity index (χ3n) is 2.59. The average molecular weight is 343 g/mol. The van der Waals surface area contributed by atoms with Crippen LogP contribution in [0.25, 0.3) is 0 Å². The molecule has 2 rings (SSSR count). The number of aromatic nitrogens is 2. The molecule has 100 valence electrons. The van der Waals surface area contributed by atoms with E-state index in [9.17, 15) is 4.79 Å². The second-order valence-electron chi connectivity index (χ2n) is 4.05. The van der Waals surface area contributed by atoms with Gasteiger partial charge in [-0.2, -0.15) is 5.10 Å². The van der Waals surface area contributed by atoms with Crippen molar-refractivity contribution in [2.75, 3.05) is 11.2 Å². The first-order valence-electron chi connectivity index (χ1n) is 5.80. The van der Waals surface area contributed by atoms with Crippen molar-refractivity contribution in [2.45, 2.75) is 13.0 Å². The second-order valence-corrected chi connectivity index (χ2v) is 5.23. The number of aryl methyl sites for hydroxylation is 2. The van der Waals surface area contributed by atoms with Crippen LogP contribution in [0, 0.1) is 0 Å². The first kappa shape index (κ1) is 14.1. The molecule has 0 unspecified atom stereocenters. The third-order valence-corrected chi connectivity index (χ3v) is 3.24. The fourth-order valence-corrected chi connectivity index (χ4v) is 2.05. The Morgan fingerprint density at radius 3 is 2.68 bits per heavy atom. The molecule has 0 bridgehead atoms. The molecule has 0 fully saturated rings. The Labute approximate surface area is 124 Å². The number of rotatable bonds is 5. The summed E-state index contributed by atoms with van der Waals surface area (Å²) in [5.74, 6) is -0.230. The van der Waals surface area contributed by atoms with Gasteiger partial charge in [0.05, 0.1) is 10.7 Å². The number of carbonyl (C=O) groups excluding carboxylic acids is 1. The molecule has 0 aliphatic heterocycles. The summed E-state index contributed by atoms with van der Waals surface area (Å²) in [6.45, 7) is 0.818. The molecule has 6 heteroatoms. The van der Waals surface area contributed by atoms with Gasteiger partial charge in [-0.15, -0.1) is 11.6 Å². The Kier molecular flexibility index (Phi) is 4.99. The number of benzene rings is 1. The van der Waals surface area contributed by atoms with Crippen molar-refractivity contribution >= 4 is 39.1 Å². The second kappa shape index (κ2) is 6.73. The van der Waals surface area contributed by atoms with Gasteiger partial charge in [-0.1, -0.05) is 12.1 Å². The van der Waals surface area contributed by atoms with E-state index < -0.39 is 0 Å². The number of anilines is 1. The van der Waals surface area contributed by atoms with E-state index >= 15 is 0 Å². The van der Waals surface area contributed by atoms with Crippen molar-refractivity contribution in [1.82, 2.24) is 9.78 Å². The van der Waals surface area contributed by atoms with Crippen LogP contribution in [-0.4, -0.2) is 21.6 Å². The predicted octanol–water partition coefficient (Wildman–Crippen LogP) is 3.07. The third kappa shape index (κ3) is 4.36. The summed E-state index contributed by atoms with van der Waals surface area (Å²) in [5.41, 5.74) is 1.95. The van der Waals surface area contributed by atoms with Gasteiger partial charge in [-0.3, -0.25) is 9.48 Å². The summed E-state index contributed by atoms with van der Waals surface area (Å²) in [5, 5.41) is 6.90. The lowest BCUT2D eigenvalue weighted by Gasteiger charge is -2.05. The van der Waals surface area contributed by atoms with Crippen LogP contribution in [0.3, 0.4) is 0 Å². The Bertz CT molecular complexity index is 553. The highest BCUT2D eigenvalue weighted by atomic mass is 79.9. The largest absolute Gasteiger partial charge is 0.325 e. The zero-order valence-corrected chi connectivity index (χ0v) is 12.5. The van der Waals surface area contributed by atoms with Gasteiger partial charge in [0.1, 0.15) is 5.88 Å². The molecule has 2 aromatic rings. The fourth-order valence-electron chi connectivity index (χ4n) is 1.65. The predicted molar refractivity (Wildman–Crippen MR) is 79.4 cm³/mol. The zero-order chi connectivity index (χ0) is 13.7. The van der Waals surface area contributed by atoms with E-state index in [1.54, 1.807) is 6.20 Å². The minimum atomic E-state index is -0.198. The van der Waals surface area contributed by atoms with E-state index in [0.717, 1.165) is 23.1 Å². The Morgan fingerprint density at radius 2 is 2.11 bits per heavy atom. The smallest absolute Gasteiger partial charge is 0.239 e. The highest BCUT2D eigenvalue weighted by molar-refractivity contribution is 9.10. The van der Waals surface area contributed by atoms with Gasteiger partial charge in [0.25, 0.3) is 0 Å². The van der Waals surface area contributed by atoms with Crippen LogP contribution in [0.5, 0.6) is 0 Å². The molecule has 0 atom stereocenters. The van der Waals surface area contributed by atoms with Crippen LogP contribution in [-0.2, 0) is 17.8 Å². The number of carbonyl (C=O) groups is 1. The van der Waals surface area contributed by atoms with Crippen molar-refractivity contribution in [1.29, 1.82) is 0 Å². The van der Waals surface area contributed by atoms with E-state index in [0.29, 0.717) is 0 Å². The maximum Gasteiger partial charge on any atom is 0.239 e. The van der Waals surface area contributed by atoms with E-state index in [1.807, 2.05) is 35.1 Å². The van der Waals surface area contributed by atoms with Gasteiger partial charge < -0.3 is 5.32 Å². The average Bonchev–Trinajstić information content (AvgIpc) is 2.83. The molecule has 0 saturated heterocycles. The van der Waals surface area contributed by atoms with Crippen molar-refractivity contribution < 1.29 is 4.79 Å². The van der Waals surface area contributed by atoms with Crippen LogP contribution >= 0.6 is 27.5 Å². The molecule has 0 radical (unpaired) electrons. The lowest BCUT2D eigenvalue weighted by atomic mass is 10.1. The molecule has 1 heterocycles. The highest BCUT2D eigenvalue weighted by Crippen LogP contribution is 2.12. The van der Waals surface area contributed by atoms with Crippen LogP contribution in [0.15, 0.2) is 41.1 Å². The van der Waals surface area contributed by atoms with Crippen molar-refractivity contribution in [2.24, 2.45) is 0 Å².